The maximum absolute atomic E-state index is 12.3. The summed E-state index contributed by atoms with van der Waals surface area (Å²) in [5, 5.41) is 5.65. The Hall–Kier alpha value is -2.24. The fourth-order valence-electron chi connectivity index (χ4n) is 3.77. The molecule has 0 bridgehead atoms. The molecule has 1 fully saturated rings. The summed E-state index contributed by atoms with van der Waals surface area (Å²) in [6.07, 6.45) is 4.35. The van der Waals surface area contributed by atoms with Crippen molar-refractivity contribution in [1.29, 1.82) is 0 Å². The zero-order valence-electron chi connectivity index (χ0n) is 14.9. The summed E-state index contributed by atoms with van der Waals surface area (Å²) in [4.78, 5) is 23.4. The first-order valence-electron chi connectivity index (χ1n) is 8.95. The smallest absolute Gasteiger partial charge is 0.242 e. The molecular weight excluding hydrogens is 320 g/mol. The fourth-order valence-corrected chi connectivity index (χ4v) is 3.77. The lowest BCUT2D eigenvalue weighted by Crippen LogP contribution is -2.48. The number of ether oxygens (including phenoxy) is 2. The van der Waals surface area contributed by atoms with E-state index in [9.17, 15) is 9.59 Å². The van der Waals surface area contributed by atoms with E-state index >= 15 is 0 Å². The van der Waals surface area contributed by atoms with E-state index in [2.05, 4.69) is 22.8 Å². The third-order valence-electron chi connectivity index (χ3n) is 5.13. The fraction of sp³-hybridized carbons (Fsp3) is 0.579. The van der Waals surface area contributed by atoms with Crippen LogP contribution in [0.4, 0.5) is 0 Å². The van der Waals surface area contributed by atoms with Crippen molar-refractivity contribution in [1.82, 2.24) is 10.6 Å². The summed E-state index contributed by atoms with van der Waals surface area (Å²) in [6.45, 7) is 4.82. The van der Waals surface area contributed by atoms with Gasteiger partial charge in [-0.25, -0.2) is 0 Å². The predicted molar refractivity (Wildman–Crippen MR) is 93.9 cm³/mol. The summed E-state index contributed by atoms with van der Waals surface area (Å²) in [7, 11) is 0. The molecular formula is C19H26N2O4. The van der Waals surface area contributed by atoms with E-state index in [1.165, 1.54) is 12.5 Å². The Bertz CT molecular complexity index is 653. The lowest BCUT2D eigenvalue weighted by atomic mass is 9.78. The minimum absolute atomic E-state index is 0.0819. The average Bonchev–Trinajstić information content (AvgIpc) is 3.09. The van der Waals surface area contributed by atoms with Crippen molar-refractivity contribution in [2.45, 2.75) is 51.0 Å². The highest BCUT2D eigenvalue weighted by atomic mass is 16.6. The van der Waals surface area contributed by atoms with E-state index in [1.807, 2.05) is 6.07 Å². The number of hydrogen-bond donors (Lipinski definition) is 2. The van der Waals surface area contributed by atoms with Crippen LogP contribution in [0.5, 0.6) is 11.5 Å². The molecule has 1 heterocycles. The van der Waals surface area contributed by atoms with Crippen LogP contribution in [0, 0.1) is 0 Å². The van der Waals surface area contributed by atoms with Gasteiger partial charge in [0.2, 0.25) is 11.8 Å². The number of amides is 2. The molecule has 1 aliphatic heterocycles. The van der Waals surface area contributed by atoms with Gasteiger partial charge in [0.1, 0.15) is 19.3 Å². The molecule has 0 radical (unpaired) electrons. The Morgan fingerprint density at radius 2 is 1.84 bits per heavy atom. The first kappa shape index (κ1) is 17.6. The highest BCUT2D eigenvalue weighted by Gasteiger charge is 2.37. The molecule has 1 aromatic carbocycles. The lowest BCUT2D eigenvalue weighted by molar-refractivity contribution is -0.127. The SMILES string of the molecule is CC(=O)NC(C)C(=O)NCC1(c2ccc3c(c2)OCCO3)CCCC1. The summed E-state index contributed by atoms with van der Waals surface area (Å²) < 4.78 is 11.3. The summed E-state index contributed by atoms with van der Waals surface area (Å²) in [6, 6.07) is 5.58. The molecule has 6 nitrogen and oxygen atoms in total. The second kappa shape index (κ2) is 7.33. The number of fused-ring (bicyclic) bond motifs is 1. The zero-order chi connectivity index (χ0) is 17.9. The summed E-state index contributed by atoms with van der Waals surface area (Å²) in [5.41, 5.74) is 1.10. The monoisotopic (exact) mass is 346 g/mol. The maximum atomic E-state index is 12.3. The minimum atomic E-state index is -0.531. The second-order valence-corrected chi connectivity index (χ2v) is 6.99. The van der Waals surface area contributed by atoms with Crippen molar-refractivity contribution in [3.8, 4) is 11.5 Å². The minimum Gasteiger partial charge on any atom is -0.486 e. The number of carbonyl (C=O) groups excluding carboxylic acids is 2. The number of hydrogen-bond acceptors (Lipinski definition) is 4. The molecule has 3 rings (SSSR count). The lowest BCUT2D eigenvalue weighted by Gasteiger charge is -2.31. The van der Waals surface area contributed by atoms with Gasteiger partial charge < -0.3 is 20.1 Å². The molecule has 2 amide bonds. The zero-order valence-corrected chi connectivity index (χ0v) is 14.9. The molecule has 1 atom stereocenters. The molecule has 2 N–H and O–H groups in total. The molecule has 6 heteroatoms. The highest BCUT2D eigenvalue weighted by Crippen LogP contribution is 2.43. The van der Waals surface area contributed by atoms with Crippen molar-refractivity contribution in [3.05, 3.63) is 23.8 Å². The largest absolute Gasteiger partial charge is 0.486 e. The van der Waals surface area contributed by atoms with E-state index in [4.69, 9.17) is 9.47 Å². The third-order valence-corrected chi connectivity index (χ3v) is 5.13. The van der Waals surface area contributed by atoms with Gasteiger partial charge in [-0.1, -0.05) is 18.9 Å². The molecule has 136 valence electrons. The van der Waals surface area contributed by atoms with Crippen LogP contribution in [0.15, 0.2) is 18.2 Å². The summed E-state index contributed by atoms with van der Waals surface area (Å²) >= 11 is 0. The first-order chi connectivity index (χ1) is 12.0. The molecule has 1 unspecified atom stereocenters. The molecule has 1 saturated carbocycles. The van der Waals surface area contributed by atoms with Crippen LogP contribution >= 0.6 is 0 Å². The quantitative estimate of drug-likeness (QED) is 0.854. The first-order valence-corrected chi connectivity index (χ1v) is 8.95. The molecule has 1 aliphatic carbocycles. The Balaban J connectivity index is 1.73. The van der Waals surface area contributed by atoms with E-state index < -0.39 is 6.04 Å². The molecule has 0 aromatic heterocycles. The Labute approximate surface area is 148 Å². The standard InChI is InChI=1S/C19H26N2O4/c1-13(21-14(2)22)18(23)20-12-19(7-3-4-8-19)15-5-6-16-17(11-15)25-10-9-24-16/h5-6,11,13H,3-4,7-10,12H2,1-2H3,(H,20,23)(H,21,22). The highest BCUT2D eigenvalue weighted by molar-refractivity contribution is 5.86. The van der Waals surface area contributed by atoms with Gasteiger partial charge in [0.05, 0.1) is 0 Å². The number of carbonyl (C=O) groups is 2. The van der Waals surface area contributed by atoms with E-state index in [0.717, 1.165) is 37.2 Å². The normalized spacial score (nSPS) is 19.1. The van der Waals surface area contributed by atoms with Crippen LogP contribution in [0.25, 0.3) is 0 Å². The number of nitrogens with one attached hydrogen (secondary N) is 2. The van der Waals surface area contributed by atoms with Crippen LogP contribution in [-0.4, -0.2) is 37.6 Å². The van der Waals surface area contributed by atoms with Gasteiger partial charge in [0.25, 0.3) is 0 Å². The van der Waals surface area contributed by atoms with E-state index in [-0.39, 0.29) is 17.2 Å². The molecule has 1 aromatic rings. The van der Waals surface area contributed by atoms with Crippen molar-refractivity contribution in [2.24, 2.45) is 0 Å². The van der Waals surface area contributed by atoms with Crippen LogP contribution in [0.3, 0.4) is 0 Å². The van der Waals surface area contributed by atoms with Gasteiger partial charge in [0, 0.05) is 18.9 Å². The van der Waals surface area contributed by atoms with Crippen LogP contribution in [0.1, 0.15) is 45.1 Å². The van der Waals surface area contributed by atoms with Crippen LogP contribution < -0.4 is 20.1 Å². The van der Waals surface area contributed by atoms with Crippen molar-refractivity contribution >= 4 is 11.8 Å². The maximum Gasteiger partial charge on any atom is 0.242 e. The van der Waals surface area contributed by atoms with Crippen molar-refractivity contribution in [2.75, 3.05) is 19.8 Å². The van der Waals surface area contributed by atoms with E-state index in [1.54, 1.807) is 6.92 Å². The Kier molecular flexibility index (Phi) is 5.16. The van der Waals surface area contributed by atoms with Crippen molar-refractivity contribution < 1.29 is 19.1 Å². The van der Waals surface area contributed by atoms with Gasteiger partial charge >= 0.3 is 0 Å². The van der Waals surface area contributed by atoms with Crippen molar-refractivity contribution in [3.63, 3.8) is 0 Å². The van der Waals surface area contributed by atoms with Gasteiger partial charge in [-0.15, -0.1) is 0 Å². The second-order valence-electron chi connectivity index (χ2n) is 6.99. The van der Waals surface area contributed by atoms with Crippen LogP contribution in [0.2, 0.25) is 0 Å². The van der Waals surface area contributed by atoms with E-state index in [0.29, 0.717) is 19.8 Å². The molecule has 0 spiro atoms. The number of benzene rings is 1. The van der Waals surface area contributed by atoms with Gasteiger partial charge in [-0.2, -0.15) is 0 Å². The van der Waals surface area contributed by atoms with Gasteiger partial charge in [0.15, 0.2) is 11.5 Å². The Morgan fingerprint density at radius 1 is 1.16 bits per heavy atom. The predicted octanol–water partition coefficient (Wildman–Crippen LogP) is 1.91. The van der Waals surface area contributed by atoms with Crippen LogP contribution in [-0.2, 0) is 15.0 Å². The molecule has 2 aliphatic rings. The number of rotatable bonds is 5. The average molecular weight is 346 g/mol. The summed E-state index contributed by atoms with van der Waals surface area (Å²) in [5.74, 6) is 1.21. The van der Waals surface area contributed by atoms with Gasteiger partial charge in [-0.05, 0) is 37.5 Å². The Morgan fingerprint density at radius 3 is 2.52 bits per heavy atom. The third kappa shape index (κ3) is 3.89. The molecule has 25 heavy (non-hydrogen) atoms. The molecule has 0 saturated heterocycles. The topological polar surface area (TPSA) is 76.7 Å². The van der Waals surface area contributed by atoms with Gasteiger partial charge in [-0.3, -0.25) is 9.59 Å².